The Bertz CT molecular complexity index is 1090. The third kappa shape index (κ3) is 4.38. The van der Waals surface area contributed by atoms with Crippen molar-refractivity contribution in [1.29, 1.82) is 0 Å². The van der Waals surface area contributed by atoms with Crippen LogP contribution in [0.25, 0.3) is 0 Å². The second-order valence-electron chi connectivity index (χ2n) is 6.21. The quantitative estimate of drug-likeness (QED) is 0.463. The number of carbonyl (C=O) groups is 1. The molecule has 0 aliphatic rings. The van der Waals surface area contributed by atoms with E-state index in [0.29, 0.717) is 0 Å². The highest BCUT2D eigenvalue weighted by Gasteiger charge is 2.23. The molecule has 29 heavy (non-hydrogen) atoms. The van der Waals surface area contributed by atoms with E-state index in [9.17, 15) is 19.3 Å². The summed E-state index contributed by atoms with van der Waals surface area (Å²) >= 11 is 12.1. The van der Waals surface area contributed by atoms with Crippen LogP contribution in [0.3, 0.4) is 0 Å². The van der Waals surface area contributed by atoms with Crippen LogP contribution >= 0.6 is 23.2 Å². The molecular weight excluding hydrogens is 426 g/mol. The zero-order valence-electron chi connectivity index (χ0n) is 15.3. The molecule has 0 unspecified atom stereocenters. The topological polar surface area (TPSA) is 108 Å². The van der Waals surface area contributed by atoms with Gasteiger partial charge in [0, 0.05) is 16.8 Å². The number of amides is 1. The minimum Gasteiger partial charge on any atom is -0.306 e. The van der Waals surface area contributed by atoms with Gasteiger partial charge in [-0.3, -0.25) is 24.3 Å². The maximum Gasteiger partial charge on any atom is 0.312 e. The normalized spacial score (nSPS) is 10.9. The second-order valence-corrected chi connectivity index (χ2v) is 7.02. The van der Waals surface area contributed by atoms with Crippen molar-refractivity contribution in [2.24, 2.45) is 0 Å². The molecule has 0 aliphatic heterocycles. The summed E-state index contributed by atoms with van der Waals surface area (Å²) < 4.78 is 16.5. The highest BCUT2D eigenvalue weighted by atomic mass is 35.5. The van der Waals surface area contributed by atoms with Gasteiger partial charge in [0.1, 0.15) is 28.8 Å². The van der Waals surface area contributed by atoms with E-state index in [1.807, 2.05) is 0 Å². The number of nitro groups is 1. The van der Waals surface area contributed by atoms with E-state index < -0.39 is 16.6 Å². The van der Waals surface area contributed by atoms with Crippen molar-refractivity contribution < 1.29 is 14.1 Å². The molecule has 0 saturated heterocycles. The molecule has 12 heteroatoms. The monoisotopic (exact) mass is 440 g/mol. The largest absolute Gasteiger partial charge is 0.312 e. The van der Waals surface area contributed by atoms with Crippen molar-refractivity contribution in [2.75, 3.05) is 5.32 Å². The molecular formula is C17H15Cl2FN6O3. The van der Waals surface area contributed by atoms with E-state index in [-0.39, 0.29) is 51.6 Å². The molecule has 1 aromatic carbocycles. The van der Waals surface area contributed by atoms with Gasteiger partial charge in [0.25, 0.3) is 0 Å². The van der Waals surface area contributed by atoms with Gasteiger partial charge >= 0.3 is 5.69 Å². The minimum absolute atomic E-state index is 0.0186. The number of hydrogen-bond donors (Lipinski definition) is 1. The summed E-state index contributed by atoms with van der Waals surface area (Å²) in [6.07, 6.45) is 1.42. The van der Waals surface area contributed by atoms with E-state index in [1.165, 1.54) is 41.5 Å². The summed E-state index contributed by atoms with van der Waals surface area (Å²) in [7, 11) is 0. The number of rotatable bonds is 6. The Hall–Kier alpha value is -2.98. The van der Waals surface area contributed by atoms with Gasteiger partial charge in [-0.25, -0.2) is 4.39 Å². The molecule has 1 N–H and O–H groups in total. The molecule has 152 valence electrons. The number of halogens is 3. The molecule has 1 amide bonds. The van der Waals surface area contributed by atoms with E-state index >= 15 is 0 Å². The number of nitrogens with zero attached hydrogens (tertiary/aromatic N) is 5. The Morgan fingerprint density at radius 3 is 2.62 bits per heavy atom. The Balaban J connectivity index is 1.74. The molecule has 0 bridgehead atoms. The second kappa shape index (κ2) is 8.18. The first-order valence-corrected chi connectivity index (χ1v) is 9.07. The zero-order valence-corrected chi connectivity index (χ0v) is 16.8. The van der Waals surface area contributed by atoms with Gasteiger partial charge in [0.2, 0.25) is 5.91 Å². The number of nitrogens with one attached hydrogen (secondary N) is 1. The van der Waals surface area contributed by atoms with Gasteiger partial charge in [-0.1, -0.05) is 29.3 Å². The molecule has 0 atom stereocenters. The first-order valence-electron chi connectivity index (χ1n) is 8.31. The lowest BCUT2D eigenvalue weighted by molar-refractivity contribution is -0.386. The summed E-state index contributed by atoms with van der Waals surface area (Å²) in [5.41, 5.74) is 0.570. The van der Waals surface area contributed by atoms with Gasteiger partial charge in [-0.2, -0.15) is 10.2 Å². The van der Waals surface area contributed by atoms with Crippen molar-refractivity contribution in [3.05, 3.63) is 67.3 Å². The number of hydrogen-bond acceptors (Lipinski definition) is 5. The molecule has 0 spiro atoms. The predicted octanol–water partition coefficient (Wildman–Crippen LogP) is 3.74. The first kappa shape index (κ1) is 20.7. The van der Waals surface area contributed by atoms with Crippen LogP contribution in [0.5, 0.6) is 0 Å². The Morgan fingerprint density at radius 2 is 2.00 bits per heavy atom. The lowest BCUT2D eigenvalue weighted by Crippen LogP contribution is -2.21. The fourth-order valence-electron chi connectivity index (χ4n) is 2.82. The highest BCUT2D eigenvalue weighted by molar-refractivity contribution is 6.33. The molecule has 3 rings (SSSR count). The average Bonchev–Trinajstić information content (AvgIpc) is 3.10. The molecule has 0 radical (unpaired) electrons. The van der Waals surface area contributed by atoms with Crippen LogP contribution < -0.4 is 5.32 Å². The third-order valence-electron chi connectivity index (χ3n) is 4.18. The van der Waals surface area contributed by atoms with Crippen molar-refractivity contribution in [2.45, 2.75) is 26.9 Å². The number of anilines is 1. The standard InChI is InChI=1S/C17H15Cl2FN6O3/c1-9-16(26(28)29)10(2)25(22-9)8-15(27)21-17-13(19)7-24(23-17)6-11-12(18)4-3-5-14(11)20/h3-5,7H,6,8H2,1-2H3,(H,21,23,27). The van der Waals surface area contributed by atoms with Crippen molar-refractivity contribution in [3.63, 3.8) is 0 Å². The maximum absolute atomic E-state index is 13.9. The molecule has 2 heterocycles. The van der Waals surface area contributed by atoms with Gasteiger partial charge < -0.3 is 5.32 Å². The van der Waals surface area contributed by atoms with Crippen LogP contribution in [0.2, 0.25) is 10.0 Å². The lowest BCUT2D eigenvalue weighted by atomic mass is 10.2. The van der Waals surface area contributed by atoms with Crippen LogP contribution in [0.1, 0.15) is 17.0 Å². The van der Waals surface area contributed by atoms with E-state index in [2.05, 4.69) is 15.5 Å². The van der Waals surface area contributed by atoms with Crippen LogP contribution in [0.15, 0.2) is 24.4 Å². The van der Waals surface area contributed by atoms with E-state index in [4.69, 9.17) is 23.2 Å². The maximum atomic E-state index is 13.9. The molecule has 0 saturated carbocycles. The first-order chi connectivity index (χ1) is 13.7. The summed E-state index contributed by atoms with van der Waals surface area (Å²) in [5, 5.41) is 22.1. The summed E-state index contributed by atoms with van der Waals surface area (Å²) in [6.45, 7) is 2.75. The smallest absolute Gasteiger partial charge is 0.306 e. The summed E-state index contributed by atoms with van der Waals surface area (Å²) in [5.74, 6) is -0.942. The average molecular weight is 441 g/mol. The van der Waals surface area contributed by atoms with Crippen molar-refractivity contribution in [1.82, 2.24) is 19.6 Å². The molecule has 3 aromatic rings. The van der Waals surface area contributed by atoms with Crippen LogP contribution in [0, 0.1) is 29.8 Å². The molecule has 0 fully saturated rings. The van der Waals surface area contributed by atoms with Crippen LogP contribution in [0.4, 0.5) is 15.9 Å². The highest BCUT2D eigenvalue weighted by Crippen LogP contribution is 2.24. The third-order valence-corrected chi connectivity index (χ3v) is 4.81. The van der Waals surface area contributed by atoms with Gasteiger partial charge in [-0.15, -0.1) is 0 Å². The molecule has 0 aliphatic carbocycles. The van der Waals surface area contributed by atoms with Crippen LogP contribution in [-0.2, 0) is 17.9 Å². The van der Waals surface area contributed by atoms with Crippen LogP contribution in [-0.4, -0.2) is 30.4 Å². The van der Waals surface area contributed by atoms with E-state index in [0.717, 1.165) is 0 Å². The van der Waals surface area contributed by atoms with Gasteiger partial charge in [-0.05, 0) is 26.0 Å². The Labute approximate surface area is 174 Å². The fourth-order valence-corrected chi connectivity index (χ4v) is 3.24. The van der Waals surface area contributed by atoms with Gasteiger partial charge in [0.05, 0.1) is 11.5 Å². The number of aryl methyl sites for hydroxylation is 1. The zero-order chi connectivity index (χ0) is 21.3. The predicted molar refractivity (Wildman–Crippen MR) is 105 cm³/mol. The SMILES string of the molecule is Cc1nn(CC(=O)Nc2nn(Cc3c(F)cccc3Cl)cc2Cl)c(C)c1[N+](=O)[O-]. The summed E-state index contributed by atoms with van der Waals surface area (Å²) in [4.78, 5) is 22.8. The van der Waals surface area contributed by atoms with E-state index in [1.54, 1.807) is 6.07 Å². The van der Waals surface area contributed by atoms with Gasteiger partial charge in [0.15, 0.2) is 5.82 Å². The molecule has 2 aromatic heterocycles. The molecule has 9 nitrogen and oxygen atoms in total. The van der Waals surface area contributed by atoms with Crippen molar-refractivity contribution in [3.8, 4) is 0 Å². The Morgan fingerprint density at radius 1 is 1.28 bits per heavy atom. The lowest BCUT2D eigenvalue weighted by Gasteiger charge is -2.06. The van der Waals surface area contributed by atoms with Crippen molar-refractivity contribution >= 4 is 40.6 Å². The number of benzene rings is 1. The number of aromatic nitrogens is 4. The fraction of sp³-hybridized carbons (Fsp3) is 0.235. The summed E-state index contributed by atoms with van der Waals surface area (Å²) in [6, 6.07) is 4.33. The number of carbonyl (C=O) groups excluding carboxylic acids is 1. The minimum atomic E-state index is -0.543. The Kier molecular flexibility index (Phi) is 5.85.